The van der Waals surface area contributed by atoms with Crippen LogP contribution in [0.15, 0.2) is 53.0 Å². The fourth-order valence-corrected chi connectivity index (χ4v) is 3.59. The molecule has 2 aromatic carbocycles. The first-order valence-electron chi connectivity index (χ1n) is 9.07. The van der Waals surface area contributed by atoms with Crippen molar-refractivity contribution in [2.24, 2.45) is 0 Å². The molecule has 2 aromatic rings. The summed E-state index contributed by atoms with van der Waals surface area (Å²) in [5.41, 5.74) is 2.49. The molecule has 0 aromatic heterocycles. The molecule has 0 radical (unpaired) electrons. The van der Waals surface area contributed by atoms with Crippen molar-refractivity contribution in [2.45, 2.75) is 19.4 Å². The standard InChI is InChI=1S/C21H27BrN2O/c1-23-12-14-24(15-13-23)11-5-8-19-16-20(22)9-10-21(19)25-17-18-6-3-2-4-7-18/h2-4,6-7,9-10,16H,5,8,11-15,17H2,1H3. The van der Waals surface area contributed by atoms with Gasteiger partial charge in [-0.2, -0.15) is 0 Å². The van der Waals surface area contributed by atoms with Gasteiger partial charge in [-0.05, 0) is 55.8 Å². The second-order valence-corrected chi connectivity index (χ2v) is 7.69. The molecular formula is C21H27BrN2O. The minimum atomic E-state index is 0.619. The summed E-state index contributed by atoms with van der Waals surface area (Å²) in [6, 6.07) is 16.7. The molecule has 0 spiro atoms. The van der Waals surface area contributed by atoms with Gasteiger partial charge < -0.3 is 14.5 Å². The summed E-state index contributed by atoms with van der Waals surface area (Å²) in [7, 11) is 2.20. The molecule has 3 rings (SSSR count). The van der Waals surface area contributed by atoms with E-state index in [0.717, 1.165) is 16.6 Å². The topological polar surface area (TPSA) is 15.7 Å². The first-order valence-corrected chi connectivity index (χ1v) is 9.86. The molecule has 1 aliphatic heterocycles. The Hall–Kier alpha value is -1.36. The summed E-state index contributed by atoms with van der Waals surface area (Å²) >= 11 is 3.60. The second kappa shape index (κ2) is 9.37. The molecule has 1 saturated heterocycles. The lowest BCUT2D eigenvalue weighted by Crippen LogP contribution is -2.44. The number of hydrogen-bond donors (Lipinski definition) is 0. The maximum atomic E-state index is 6.09. The normalized spacial score (nSPS) is 16.1. The molecule has 25 heavy (non-hydrogen) atoms. The van der Waals surface area contributed by atoms with E-state index in [1.165, 1.54) is 50.3 Å². The predicted octanol–water partition coefficient (Wildman–Crippen LogP) is 4.21. The van der Waals surface area contributed by atoms with Crippen LogP contribution in [0.1, 0.15) is 17.5 Å². The van der Waals surface area contributed by atoms with Crippen molar-refractivity contribution in [3.05, 3.63) is 64.1 Å². The third kappa shape index (κ3) is 5.84. The fraction of sp³-hybridized carbons (Fsp3) is 0.429. The van der Waals surface area contributed by atoms with Crippen LogP contribution in [-0.4, -0.2) is 49.6 Å². The van der Waals surface area contributed by atoms with Crippen molar-refractivity contribution < 1.29 is 4.74 Å². The van der Waals surface area contributed by atoms with Gasteiger partial charge in [0, 0.05) is 30.7 Å². The van der Waals surface area contributed by atoms with Gasteiger partial charge >= 0.3 is 0 Å². The molecule has 0 N–H and O–H groups in total. The van der Waals surface area contributed by atoms with Crippen LogP contribution in [0, 0.1) is 0 Å². The molecule has 1 aliphatic rings. The first-order chi connectivity index (χ1) is 12.2. The highest BCUT2D eigenvalue weighted by Gasteiger charge is 2.13. The highest BCUT2D eigenvalue weighted by atomic mass is 79.9. The monoisotopic (exact) mass is 402 g/mol. The number of nitrogens with zero attached hydrogens (tertiary/aromatic N) is 2. The van der Waals surface area contributed by atoms with Gasteiger partial charge in [0.1, 0.15) is 12.4 Å². The number of rotatable bonds is 7. The summed E-state index contributed by atoms with van der Waals surface area (Å²) in [5.74, 6) is 1.01. The van der Waals surface area contributed by atoms with Crippen LogP contribution in [0.4, 0.5) is 0 Å². The quantitative estimate of drug-likeness (QED) is 0.689. The Labute approximate surface area is 159 Å². The van der Waals surface area contributed by atoms with Crippen LogP contribution < -0.4 is 4.74 Å². The Kier molecular flexibility index (Phi) is 6.91. The Morgan fingerprint density at radius 1 is 1.00 bits per heavy atom. The van der Waals surface area contributed by atoms with Crippen LogP contribution >= 0.6 is 15.9 Å². The lowest BCUT2D eigenvalue weighted by atomic mass is 10.1. The average Bonchev–Trinajstić information content (AvgIpc) is 2.63. The number of benzene rings is 2. The molecular weight excluding hydrogens is 376 g/mol. The molecule has 0 bridgehead atoms. The van der Waals surface area contributed by atoms with Crippen molar-refractivity contribution in [1.29, 1.82) is 0 Å². The minimum Gasteiger partial charge on any atom is -0.489 e. The molecule has 0 unspecified atom stereocenters. The molecule has 3 nitrogen and oxygen atoms in total. The molecule has 1 fully saturated rings. The minimum absolute atomic E-state index is 0.619. The van der Waals surface area contributed by atoms with E-state index in [0.29, 0.717) is 6.61 Å². The number of piperazine rings is 1. The second-order valence-electron chi connectivity index (χ2n) is 6.77. The SMILES string of the molecule is CN1CCN(CCCc2cc(Br)ccc2OCc2ccccc2)CC1. The highest BCUT2D eigenvalue weighted by Crippen LogP contribution is 2.25. The van der Waals surface area contributed by atoms with Crippen LogP contribution in [0.2, 0.25) is 0 Å². The fourth-order valence-electron chi connectivity index (χ4n) is 3.18. The zero-order valence-corrected chi connectivity index (χ0v) is 16.5. The molecule has 134 valence electrons. The van der Waals surface area contributed by atoms with Crippen molar-refractivity contribution in [3.63, 3.8) is 0 Å². The van der Waals surface area contributed by atoms with E-state index in [1.54, 1.807) is 0 Å². The number of ether oxygens (including phenoxy) is 1. The summed E-state index contributed by atoms with van der Waals surface area (Å²) < 4.78 is 7.21. The van der Waals surface area contributed by atoms with Crippen molar-refractivity contribution in [3.8, 4) is 5.75 Å². The molecule has 0 aliphatic carbocycles. The van der Waals surface area contributed by atoms with Gasteiger partial charge in [0.2, 0.25) is 0 Å². The number of hydrogen-bond acceptors (Lipinski definition) is 3. The molecule has 0 atom stereocenters. The summed E-state index contributed by atoms with van der Waals surface area (Å²) in [5, 5.41) is 0. The first kappa shape index (κ1) is 18.4. The van der Waals surface area contributed by atoms with Gasteiger partial charge in [-0.3, -0.25) is 0 Å². The van der Waals surface area contributed by atoms with Gasteiger partial charge in [-0.1, -0.05) is 46.3 Å². The third-order valence-electron chi connectivity index (χ3n) is 4.78. The van der Waals surface area contributed by atoms with Crippen LogP contribution in [-0.2, 0) is 13.0 Å². The van der Waals surface area contributed by atoms with E-state index < -0.39 is 0 Å². The Morgan fingerprint density at radius 2 is 1.76 bits per heavy atom. The highest BCUT2D eigenvalue weighted by molar-refractivity contribution is 9.10. The van der Waals surface area contributed by atoms with E-state index in [1.807, 2.05) is 6.07 Å². The lowest BCUT2D eigenvalue weighted by molar-refractivity contribution is 0.153. The molecule has 0 amide bonds. The molecule has 0 saturated carbocycles. The summed E-state index contributed by atoms with van der Waals surface area (Å²) in [6.07, 6.45) is 2.22. The number of halogens is 1. The zero-order chi connectivity index (χ0) is 17.5. The van der Waals surface area contributed by atoms with E-state index in [2.05, 4.69) is 75.2 Å². The Balaban J connectivity index is 1.53. The summed E-state index contributed by atoms with van der Waals surface area (Å²) in [6.45, 7) is 6.52. The smallest absolute Gasteiger partial charge is 0.123 e. The van der Waals surface area contributed by atoms with Crippen molar-refractivity contribution >= 4 is 15.9 Å². The van der Waals surface area contributed by atoms with Gasteiger partial charge in [0.05, 0.1) is 0 Å². The van der Waals surface area contributed by atoms with Crippen LogP contribution in [0.3, 0.4) is 0 Å². The van der Waals surface area contributed by atoms with Gasteiger partial charge in [-0.25, -0.2) is 0 Å². The van der Waals surface area contributed by atoms with E-state index >= 15 is 0 Å². The Bertz CT molecular complexity index is 654. The average molecular weight is 403 g/mol. The largest absolute Gasteiger partial charge is 0.489 e. The maximum Gasteiger partial charge on any atom is 0.123 e. The summed E-state index contributed by atoms with van der Waals surface area (Å²) in [4.78, 5) is 4.98. The van der Waals surface area contributed by atoms with E-state index in [4.69, 9.17) is 4.74 Å². The van der Waals surface area contributed by atoms with Crippen LogP contribution in [0.5, 0.6) is 5.75 Å². The van der Waals surface area contributed by atoms with Crippen LogP contribution in [0.25, 0.3) is 0 Å². The number of likely N-dealkylation sites (N-methyl/N-ethyl adjacent to an activating group) is 1. The predicted molar refractivity (Wildman–Crippen MR) is 107 cm³/mol. The maximum absolute atomic E-state index is 6.09. The number of aryl methyl sites for hydroxylation is 1. The molecule has 4 heteroatoms. The van der Waals surface area contributed by atoms with E-state index in [-0.39, 0.29) is 0 Å². The molecule has 1 heterocycles. The third-order valence-corrected chi connectivity index (χ3v) is 5.27. The van der Waals surface area contributed by atoms with Gasteiger partial charge in [0.15, 0.2) is 0 Å². The van der Waals surface area contributed by atoms with Crippen molar-refractivity contribution in [2.75, 3.05) is 39.8 Å². The zero-order valence-electron chi connectivity index (χ0n) is 15.0. The Morgan fingerprint density at radius 3 is 2.52 bits per heavy atom. The van der Waals surface area contributed by atoms with E-state index in [9.17, 15) is 0 Å². The lowest BCUT2D eigenvalue weighted by Gasteiger charge is -2.32. The van der Waals surface area contributed by atoms with Gasteiger partial charge in [0.25, 0.3) is 0 Å². The van der Waals surface area contributed by atoms with Gasteiger partial charge in [-0.15, -0.1) is 0 Å². The van der Waals surface area contributed by atoms with Crippen molar-refractivity contribution in [1.82, 2.24) is 9.80 Å².